The van der Waals surface area contributed by atoms with Crippen LogP contribution in [-0.4, -0.2) is 30.6 Å². The minimum absolute atomic E-state index is 0.500. The fraction of sp³-hybridized carbons (Fsp3) is 0.333. The molecule has 6 heteroatoms. The number of halogens is 1. The van der Waals surface area contributed by atoms with Gasteiger partial charge in [-0.3, -0.25) is 0 Å². The lowest BCUT2D eigenvalue weighted by atomic mass is 10.3. The molecular formula is C15H19BrN4O. The smallest absolute Gasteiger partial charge is 0.238 e. The molecule has 5 nitrogen and oxygen atoms in total. The first-order chi connectivity index (χ1) is 10.1. The van der Waals surface area contributed by atoms with E-state index in [4.69, 9.17) is 4.74 Å². The molecule has 1 N–H and O–H groups in total. The predicted octanol–water partition coefficient (Wildman–Crippen LogP) is 3.92. The van der Waals surface area contributed by atoms with Crippen molar-refractivity contribution in [1.82, 2.24) is 9.97 Å². The van der Waals surface area contributed by atoms with E-state index in [0.29, 0.717) is 5.88 Å². The first-order valence-electron chi connectivity index (χ1n) is 6.81. The normalized spacial score (nSPS) is 10.3. The van der Waals surface area contributed by atoms with Gasteiger partial charge in [-0.1, -0.05) is 13.0 Å². The number of nitrogens with one attached hydrogen (secondary N) is 1. The standard InChI is InChI=1S/C15H19BrN4O/c1-4-8-17-14-13(16)15(19-10-18-14)21-12-7-5-6-11(9-12)20(2)3/h5-7,9-10H,4,8H2,1-3H3,(H,17,18,19). The Morgan fingerprint density at radius 2 is 2.10 bits per heavy atom. The van der Waals surface area contributed by atoms with Crippen LogP contribution < -0.4 is 15.0 Å². The van der Waals surface area contributed by atoms with Gasteiger partial charge in [-0.15, -0.1) is 0 Å². The van der Waals surface area contributed by atoms with Crippen LogP contribution in [0, 0.1) is 0 Å². The molecule has 0 saturated carbocycles. The van der Waals surface area contributed by atoms with E-state index in [1.165, 1.54) is 6.33 Å². The number of anilines is 2. The Hall–Kier alpha value is -1.82. The third-order valence-corrected chi connectivity index (χ3v) is 3.56. The second-order valence-corrected chi connectivity index (χ2v) is 5.56. The van der Waals surface area contributed by atoms with Crippen LogP contribution >= 0.6 is 15.9 Å². The summed E-state index contributed by atoms with van der Waals surface area (Å²) in [4.78, 5) is 10.4. The molecule has 0 aliphatic rings. The van der Waals surface area contributed by atoms with Crippen molar-refractivity contribution in [2.24, 2.45) is 0 Å². The number of nitrogens with zero attached hydrogens (tertiary/aromatic N) is 3. The fourth-order valence-electron chi connectivity index (χ4n) is 1.73. The Labute approximate surface area is 133 Å². The average molecular weight is 351 g/mol. The van der Waals surface area contributed by atoms with Gasteiger partial charge in [-0.25, -0.2) is 9.97 Å². The van der Waals surface area contributed by atoms with Crippen LogP contribution in [0.2, 0.25) is 0 Å². The monoisotopic (exact) mass is 350 g/mol. The third-order valence-electron chi connectivity index (χ3n) is 2.85. The van der Waals surface area contributed by atoms with Gasteiger partial charge in [0.15, 0.2) is 0 Å². The summed E-state index contributed by atoms with van der Waals surface area (Å²) in [5.41, 5.74) is 1.07. The summed E-state index contributed by atoms with van der Waals surface area (Å²) in [6, 6.07) is 7.85. The van der Waals surface area contributed by atoms with Gasteiger partial charge in [0.2, 0.25) is 5.88 Å². The number of rotatable bonds is 6. The Balaban J connectivity index is 2.21. The Bertz CT molecular complexity index is 604. The van der Waals surface area contributed by atoms with Crippen molar-refractivity contribution in [2.75, 3.05) is 30.9 Å². The molecule has 0 aliphatic carbocycles. The number of ether oxygens (including phenoxy) is 1. The van der Waals surface area contributed by atoms with Crippen LogP contribution in [0.3, 0.4) is 0 Å². The van der Waals surface area contributed by atoms with Crippen molar-refractivity contribution in [3.8, 4) is 11.6 Å². The lowest BCUT2D eigenvalue weighted by Crippen LogP contribution is -2.08. The summed E-state index contributed by atoms with van der Waals surface area (Å²) in [6.07, 6.45) is 2.52. The SMILES string of the molecule is CCCNc1ncnc(Oc2cccc(N(C)C)c2)c1Br. The molecular weight excluding hydrogens is 332 g/mol. The van der Waals surface area contributed by atoms with E-state index in [2.05, 4.69) is 38.1 Å². The van der Waals surface area contributed by atoms with E-state index in [0.717, 1.165) is 34.7 Å². The number of benzene rings is 1. The zero-order chi connectivity index (χ0) is 15.2. The van der Waals surface area contributed by atoms with E-state index in [9.17, 15) is 0 Å². The minimum Gasteiger partial charge on any atom is -0.438 e. The topological polar surface area (TPSA) is 50.3 Å². The molecule has 0 unspecified atom stereocenters. The Kier molecular flexibility index (Phi) is 5.38. The molecule has 0 aliphatic heterocycles. The van der Waals surface area contributed by atoms with Crippen molar-refractivity contribution < 1.29 is 4.74 Å². The highest BCUT2D eigenvalue weighted by atomic mass is 79.9. The maximum absolute atomic E-state index is 5.86. The summed E-state index contributed by atoms with van der Waals surface area (Å²) in [5.74, 6) is 1.98. The maximum atomic E-state index is 5.86. The minimum atomic E-state index is 0.500. The average Bonchev–Trinajstić information content (AvgIpc) is 2.48. The maximum Gasteiger partial charge on any atom is 0.238 e. The molecule has 1 heterocycles. The summed E-state index contributed by atoms with van der Waals surface area (Å²) < 4.78 is 6.59. The van der Waals surface area contributed by atoms with Crippen molar-refractivity contribution in [3.63, 3.8) is 0 Å². The van der Waals surface area contributed by atoms with Crippen molar-refractivity contribution in [1.29, 1.82) is 0 Å². The van der Waals surface area contributed by atoms with Gasteiger partial charge < -0.3 is 15.0 Å². The highest BCUT2D eigenvalue weighted by Gasteiger charge is 2.11. The van der Waals surface area contributed by atoms with Gasteiger partial charge in [0.1, 0.15) is 22.4 Å². The van der Waals surface area contributed by atoms with E-state index in [1.807, 2.05) is 43.3 Å². The number of hydrogen-bond donors (Lipinski definition) is 1. The highest BCUT2D eigenvalue weighted by molar-refractivity contribution is 9.10. The van der Waals surface area contributed by atoms with Crippen LogP contribution in [0.5, 0.6) is 11.6 Å². The molecule has 1 aromatic heterocycles. The molecule has 0 spiro atoms. The quantitative estimate of drug-likeness (QED) is 0.855. The Morgan fingerprint density at radius 1 is 1.29 bits per heavy atom. The van der Waals surface area contributed by atoms with E-state index in [-0.39, 0.29) is 0 Å². The zero-order valence-electron chi connectivity index (χ0n) is 12.4. The second kappa shape index (κ2) is 7.26. The lowest BCUT2D eigenvalue weighted by Gasteiger charge is -2.14. The van der Waals surface area contributed by atoms with Crippen molar-refractivity contribution in [2.45, 2.75) is 13.3 Å². The van der Waals surface area contributed by atoms with Crippen LogP contribution in [-0.2, 0) is 0 Å². The first-order valence-corrected chi connectivity index (χ1v) is 7.60. The van der Waals surface area contributed by atoms with Gasteiger partial charge in [0, 0.05) is 32.4 Å². The van der Waals surface area contributed by atoms with Crippen molar-refractivity contribution in [3.05, 3.63) is 35.1 Å². The molecule has 0 saturated heterocycles. The van der Waals surface area contributed by atoms with Crippen LogP contribution in [0.15, 0.2) is 35.1 Å². The summed E-state index contributed by atoms with van der Waals surface area (Å²) >= 11 is 3.49. The molecule has 0 atom stereocenters. The van der Waals surface area contributed by atoms with E-state index in [1.54, 1.807) is 0 Å². The molecule has 0 amide bonds. The van der Waals surface area contributed by atoms with Crippen LogP contribution in [0.1, 0.15) is 13.3 Å². The molecule has 2 aromatic rings. The molecule has 0 fully saturated rings. The van der Waals surface area contributed by atoms with E-state index < -0.39 is 0 Å². The second-order valence-electron chi connectivity index (χ2n) is 4.76. The molecule has 0 radical (unpaired) electrons. The van der Waals surface area contributed by atoms with Gasteiger partial charge in [0.05, 0.1) is 0 Å². The molecule has 21 heavy (non-hydrogen) atoms. The van der Waals surface area contributed by atoms with Gasteiger partial charge in [-0.2, -0.15) is 0 Å². The summed E-state index contributed by atoms with van der Waals surface area (Å²) in [6.45, 7) is 2.96. The summed E-state index contributed by atoms with van der Waals surface area (Å²) in [5, 5.41) is 3.23. The van der Waals surface area contributed by atoms with Gasteiger partial charge in [-0.05, 0) is 34.5 Å². The Morgan fingerprint density at radius 3 is 2.81 bits per heavy atom. The van der Waals surface area contributed by atoms with E-state index >= 15 is 0 Å². The first kappa shape index (κ1) is 15.6. The zero-order valence-corrected chi connectivity index (χ0v) is 14.0. The fourth-order valence-corrected chi connectivity index (χ4v) is 2.15. The molecule has 112 valence electrons. The summed E-state index contributed by atoms with van der Waals surface area (Å²) in [7, 11) is 3.99. The molecule has 2 rings (SSSR count). The third kappa shape index (κ3) is 4.07. The predicted molar refractivity (Wildman–Crippen MR) is 89.4 cm³/mol. The largest absolute Gasteiger partial charge is 0.438 e. The van der Waals surface area contributed by atoms with Crippen LogP contribution in [0.4, 0.5) is 11.5 Å². The lowest BCUT2D eigenvalue weighted by molar-refractivity contribution is 0.458. The number of aromatic nitrogens is 2. The highest BCUT2D eigenvalue weighted by Crippen LogP contribution is 2.32. The number of hydrogen-bond acceptors (Lipinski definition) is 5. The van der Waals surface area contributed by atoms with Crippen LogP contribution in [0.25, 0.3) is 0 Å². The molecule has 1 aromatic carbocycles. The van der Waals surface area contributed by atoms with Gasteiger partial charge >= 0.3 is 0 Å². The van der Waals surface area contributed by atoms with Crippen molar-refractivity contribution >= 4 is 27.4 Å². The van der Waals surface area contributed by atoms with Gasteiger partial charge in [0.25, 0.3) is 0 Å². The molecule has 0 bridgehead atoms.